The molecule has 0 saturated carbocycles. The molecule has 0 bridgehead atoms. The van der Waals surface area contributed by atoms with Gasteiger partial charge in [0.2, 0.25) is 0 Å². The van der Waals surface area contributed by atoms with E-state index in [9.17, 15) is 4.39 Å². The van der Waals surface area contributed by atoms with Crippen molar-refractivity contribution in [1.82, 2.24) is 9.97 Å². The van der Waals surface area contributed by atoms with Gasteiger partial charge in [0.15, 0.2) is 0 Å². The molecule has 1 aromatic carbocycles. The van der Waals surface area contributed by atoms with Crippen LogP contribution in [0.4, 0.5) is 4.39 Å². The Labute approximate surface area is 115 Å². The quantitative estimate of drug-likeness (QED) is 0.792. The minimum Gasteiger partial charge on any atom is -0.376 e. The third-order valence-electron chi connectivity index (χ3n) is 3.12. The molecule has 0 saturated heterocycles. The number of halogens is 2. The SMILES string of the molecule is Fc1ccccc1Cc1nc(Cl)c2c(n1)CCOC2. The molecule has 2 heterocycles. The van der Waals surface area contributed by atoms with Gasteiger partial charge in [-0.15, -0.1) is 0 Å². The molecular weight excluding hydrogens is 267 g/mol. The number of aromatic nitrogens is 2. The van der Waals surface area contributed by atoms with Crippen molar-refractivity contribution in [1.29, 1.82) is 0 Å². The van der Waals surface area contributed by atoms with E-state index in [1.807, 2.05) is 0 Å². The minimum atomic E-state index is -0.247. The molecule has 19 heavy (non-hydrogen) atoms. The fourth-order valence-electron chi connectivity index (χ4n) is 2.13. The molecule has 0 fully saturated rings. The van der Waals surface area contributed by atoms with Gasteiger partial charge < -0.3 is 4.74 Å². The largest absolute Gasteiger partial charge is 0.376 e. The molecule has 0 radical (unpaired) electrons. The van der Waals surface area contributed by atoms with Crippen LogP contribution < -0.4 is 0 Å². The molecule has 2 aromatic rings. The summed E-state index contributed by atoms with van der Waals surface area (Å²) < 4.78 is 18.9. The Kier molecular flexibility index (Phi) is 3.44. The summed E-state index contributed by atoms with van der Waals surface area (Å²) in [5.74, 6) is 0.305. The van der Waals surface area contributed by atoms with Crippen LogP contribution in [0.2, 0.25) is 5.15 Å². The van der Waals surface area contributed by atoms with Crippen LogP contribution in [0, 0.1) is 5.82 Å². The Morgan fingerprint density at radius 1 is 1.26 bits per heavy atom. The zero-order valence-electron chi connectivity index (χ0n) is 10.2. The maximum Gasteiger partial charge on any atom is 0.138 e. The van der Waals surface area contributed by atoms with E-state index >= 15 is 0 Å². The average Bonchev–Trinajstić information content (AvgIpc) is 2.42. The maximum atomic E-state index is 13.6. The lowest BCUT2D eigenvalue weighted by Crippen LogP contribution is -2.15. The van der Waals surface area contributed by atoms with Gasteiger partial charge in [0, 0.05) is 18.4 Å². The summed E-state index contributed by atoms with van der Waals surface area (Å²) in [6.45, 7) is 1.09. The fourth-order valence-corrected chi connectivity index (χ4v) is 2.39. The Hall–Kier alpha value is -1.52. The smallest absolute Gasteiger partial charge is 0.138 e. The van der Waals surface area contributed by atoms with E-state index in [0.717, 1.165) is 17.7 Å². The summed E-state index contributed by atoms with van der Waals surface area (Å²) in [5, 5.41) is 0.413. The van der Waals surface area contributed by atoms with E-state index in [2.05, 4.69) is 9.97 Å². The van der Waals surface area contributed by atoms with Crippen molar-refractivity contribution in [2.45, 2.75) is 19.4 Å². The van der Waals surface area contributed by atoms with Crippen molar-refractivity contribution in [3.05, 3.63) is 57.9 Å². The first-order valence-corrected chi connectivity index (χ1v) is 6.47. The van der Waals surface area contributed by atoms with Crippen LogP contribution >= 0.6 is 11.6 Å². The fraction of sp³-hybridized carbons (Fsp3) is 0.286. The lowest BCUT2D eigenvalue weighted by Gasteiger charge is -2.17. The predicted octanol–water partition coefficient (Wildman–Crippen LogP) is 2.93. The zero-order valence-corrected chi connectivity index (χ0v) is 11.0. The molecule has 98 valence electrons. The van der Waals surface area contributed by atoms with Crippen molar-refractivity contribution in [3.63, 3.8) is 0 Å². The number of fused-ring (bicyclic) bond motifs is 1. The van der Waals surface area contributed by atoms with Crippen LogP contribution in [-0.4, -0.2) is 16.6 Å². The van der Waals surface area contributed by atoms with E-state index in [0.29, 0.717) is 36.2 Å². The monoisotopic (exact) mass is 278 g/mol. The van der Waals surface area contributed by atoms with Crippen molar-refractivity contribution < 1.29 is 9.13 Å². The molecule has 1 aromatic heterocycles. The number of benzene rings is 1. The molecule has 0 unspecified atom stereocenters. The highest BCUT2D eigenvalue weighted by atomic mass is 35.5. The van der Waals surface area contributed by atoms with Gasteiger partial charge in [-0.3, -0.25) is 0 Å². The van der Waals surface area contributed by atoms with E-state index in [-0.39, 0.29) is 5.82 Å². The number of ether oxygens (including phenoxy) is 1. The van der Waals surface area contributed by atoms with Crippen LogP contribution in [0.15, 0.2) is 24.3 Å². The first-order valence-electron chi connectivity index (χ1n) is 6.09. The third-order valence-corrected chi connectivity index (χ3v) is 3.44. The van der Waals surface area contributed by atoms with Crippen LogP contribution in [0.1, 0.15) is 22.6 Å². The lowest BCUT2D eigenvalue weighted by atomic mass is 10.1. The van der Waals surface area contributed by atoms with Crippen molar-refractivity contribution in [3.8, 4) is 0 Å². The molecule has 3 nitrogen and oxygen atoms in total. The van der Waals surface area contributed by atoms with Gasteiger partial charge in [-0.25, -0.2) is 14.4 Å². The van der Waals surface area contributed by atoms with Gasteiger partial charge in [0.25, 0.3) is 0 Å². The molecular formula is C14H12ClFN2O. The van der Waals surface area contributed by atoms with Gasteiger partial charge in [-0.05, 0) is 11.6 Å². The van der Waals surface area contributed by atoms with Crippen LogP contribution in [0.5, 0.6) is 0 Å². The summed E-state index contributed by atoms with van der Waals surface area (Å²) in [7, 11) is 0. The molecule has 0 amide bonds. The lowest BCUT2D eigenvalue weighted by molar-refractivity contribution is 0.109. The van der Waals surface area contributed by atoms with E-state index in [1.165, 1.54) is 6.07 Å². The minimum absolute atomic E-state index is 0.247. The maximum absolute atomic E-state index is 13.6. The Balaban J connectivity index is 1.94. The molecule has 0 aliphatic carbocycles. The highest BCUT2D eigenvalue weighted by molar-refractivity contribution is 6.30. The molecule has 0 spiro atoms. The summed E-state index contributed by atoms with van der Waals surface area (Å²) in [4.78, 5) is 8.70. The predicted molar refractivity (Wildman–Crippen MR) is 69.6 cm³/mol. The number of rotatable bonds is 2. The van der Waals surface area contributed by atoms with Crippen LogP contribution in [0.3, 0.4) is 0 Å². The van der Waals surface area contributed by atoms with Crippen molar-refractivity contribution >= 4 is 11.6 Å². The first kappa shape index (κ1) is 12.5. The molecule has 1 aliphatic heterocycles. The molecule has 0 atom stereocenters. The molecule has 0 N–H and O–H groups in total. The highest BCUT2D eigenvalue weighted by Gasteiger charge is 2.17. The molecule has 1 aliphatic rings. The van der Waals surface area contributed by atoms with Gasteiger partial charge in [-0.2, -0.15) is 0 Å². The van der Waals surface area contributed by atoms with Gasteiger partial charge in [-0.1, -0.05) is 29.8 Å². The van der Waals surface area contributed by atoms with E-state index in [1.54, 1.807) is 18.2 Å². The summed E-state index contributed by atoms with van der Waals surface area (Å²) in [6.07, 6.45) is 1.07. The number of hydrogen-bond acceptors (Lipinski definition) is 3. The number of nitrogens with zero attached hydrogens (tertiary/aromatic N) is 2. The van der Waals surface area contributed by atoms with E-state index in [4.69, 9.17) is 16.3 Å². The second kappa shape index (κ2) is 5.23. The Bertz CT molecular complexity index is 618. The standard InChI is InChI=1S/C14H12ClFN2O/c15-14-10-8-19-6-5-12(10)17-13(18-14)7-9-3-1-2-4-11(9)16/h1-4H,5-8H2. The summed E-state index contributed by atoms with van der Waals surface area (Å²) in [5.41, 5.74) is 2.34. The number of hydrogen-bond donors (Lipinski definition) is 0. The van der Waals surface area contributed by atoms with Gasteiger partial charge >= 0.3 is 0 Å². The van der Waals surface area contributed by atoms with E-state index < -0.39 is 0 Å². The normalized spacial score (nSPS) is 14.2. The molecule has 5 heteroatoms. The summed E-state index contributed by atoms with van der Waals surface area (Å²) >= 11 is 6.13. The molecule has 3 rings (SSSR count). The van der Waals surface area contributed by atoms with Crippen molar-refractivity contribution in [2.24, 2.45) is 0 Å². The van der Waals surface area contributed by atoms with Crippen molar-refractivity contribution in [2.75, 3.05) is 6.61 Å². The van der Waals surface area contributed by atoms with Gasteiger partial charge in [0.1, 0.15) is 16.8 Å². The Morgan fingerprint density at radius 2 is 2.11 bits per heavy atom. The second-order valence-corrected chi connectivity index (χ2v) is 4.78. The first-order chi connectivity index (χ1) is 9.24. The topological polar surface area (TPSA) is 35.0 Å². The van der Waals surface area contributed by atoms with Crippen LogP contribution in [0.25, 0.3) is 0 Å². The second-order valence-electron chi connectivity index (χ2n) is 4.43. The third kappa shape index (κ3) is 2.60. The highest BCUT2D eigenvalue weighted by Crippen LogP contribution is 2.23. The Morgan fingerprint density at radius 3 is 2.95 bits per heavy atom. The average molecular weight is 279 g/mol. The zero-order chi connectivity index (χ0) is 13.2. The van der Waals surface area contributed by atoms with Gasteiger partial charge in [0.05, 0.1) is 18.9 Å². The summed E-state index contributed by atoms with van der Waals surface area (Å²) in [6, 6.07) is 6.63. The van der Waals surface area contributed by atoms with Crippen LogP contribution in [-0.2, 0) is 24.2 Å².